The Bertz CT molecular complexity index is 512. The van der Waals surface area contributed by atoms with Gasteiger partial charge in [-0.3, -0.25) is 4.90 Å². The fourth-order valence-corrected chi connectivity index (χ4v) is 2.58. The lowest BCUT2D eigenvalue weighted by atomic mass is 10.1. The second kappa shape index (κ2) is 6.19. The maximum absolute atomic E-state index is 9.38. The molecule has 2 heterocycles. The summed E-state index contributed by atoms with van der Waals surface area (Å²) in [7, 11) is 0. The standard InChI is InChI=1S/C15H23N5/c1-5-11(2)19-6-8-20(9-7-19)15-14(10-16)12(3)13(4)17-18-15/h11H,5-9H2,1-4H3. The summed E-state index contributed by atoms with van der Waals surface area (Å²) in [5, 5.41) is 17.8. The zero-order valence-electron chi connectivity index (χ0n) is 12.8. The summed E-state index contributed by atoms with van der Waals surface area (Å²) < 4.78 is 0. The second-order valence-corrected chi connectivity index (χ2v) is 5.50. The summed E-state index contributed by atoms with van der Waals surface area (Å²) in [6, 6.07) is 2.91. The van der Waals surface area contributed by atoms with Crippen molar-refractivity contribution in [3.8, 4) is 6.07 Å². The van der Waals surface area contributed by atoms with Gasteiger partial charge < -0.3 is 4.90 Å². The van der Waals surface area contributed by atoms with Gasteiger partial charge in [-0.2, -0.15) is 10.4 Å². The molecule has 0 amide bonds. The molecule has 0 aliphatic carbocycles. The Kier molecular flexibility index (Phi) is 4.56. The zero-order chi connectivity index (χ0) is 14.7. The molecule has 1 aliphatic rings. The number of nitriles is 1. The van der Waals surface area contributed by atoms with Gasteiger partial charge in [0.2, 0.25) is 0 Å². The van der Waals surface area contributed by atoms with Gasteiger partial charge in [0.1, 0.15) is 11.6 Å². The predicted octanol–water partition coefficient (Wildman–Crippen LogP) is 1.89. The number of hydrogen-bond acceptors (Lipinski definition) is 5. The third-order valence-electron chi connectivity index (χ3n) is 4.38. The van der Waals surface area contributed by atoms with E-state index in [2.05, 4.69) is 39.9 Å². The first-order chi connectivity index (χ1) is 9.58. The molecule has 0 aromatic carbocycles. The van der Waals surface area contributed by atoms with E-state index in [4.69, 9.17) is 0 Å². The molecule has 1 aromatic rings. The Hall–Kier alpha value is -1.67. The lowest BCUT2D eigenvalue weighted by Gasteiger charge is -2.38. The highest BCUT2D eigenvalue weighted by Crippen LogP contribution is 2.22. The van der Waals surface area contributed by atoms with Gasteiger partial charge in [0, 0.05) is 32.2 Å². The molecule has 0 N–H and O–H groups in total. The van der Waals surface area contributed by atoms with Crippen molar-refractivity contribution in [2.24, 2.45) is 0 Å². The molecule has 2 rings (SSSR count). The van der Waals surface area contributed by atoms with E-state index >= 15 is 0 Å². The first-order valence-corrected chi connectivity index (χ1v) is 7.31. The molecule has 1 aliphatic heterocycles. The Morgan fingerprint density at radius 2 is 1.85 bits per heavy atom. The molecule has 1 aromatic heterocycles. The average Bonchev–Trinajstić information content (AvgIpc) is 2.49. The third kappa shape index (κ3) is 2.75. The van der Waals surface area contributed by atoms with Crippen LogP contribution in [-0.2, 0) is 0 Å². The van der Waals surface area contributed by atoms with Crippen LogP contribution >= 0.6 is 0 Å². The largest absolute Gasteiger partial charge is 0.351 e. The molecule has 0 saturated carbocycles. The van der Waals surface area contributed by atoms with Crippen molar-refractivity contribution in [2.75, 3.05) is 31.1 Å². The first kappa shape index (κ1) is 14.7. The monoisotopic (exact) mass is 273 g/mol. The van der Waals surface area contributed by atoms with Crippen molar-refractivity contribution in [1.29, 1.82) is 5.26 Å². The molecule has 0 bridgehead atoms. The topological polar surface area (TPSA) is 56.1 Å². The fraction of sp³-hybridized carbons (Fsp3) is 0.667. The number of aromatic nitrogens is 2. The van der Waals surface area contributed by atoms with Gasteiger partial charge in [-0.05, 0) is 32.8 Å². The van der Waals surface area contributed by atoms with Crippen molar-refractivity contribution in [3.05, 3.63) is 16.8 Å². The van der Waals surface area contributed by atoms with Crippen LogP contribution in [0.1, 0.15) is 37.1 Å². The molecule has 1 saturated heterocycles. The van der Waals surface area contributed by atoms with Crippen molar-refractivity contribution in [1.82, 2.24) is 15.1 Å². The third-order valence-corrected chi connectivity index (χ3v) is 4.38. The number of hydrogen-bond donors (Lipinski definition) is 0. The summed E-state index contributed by atoms with van der Waals surface area (Å²) >= 11 is 0. The quantitative estimate of drug-likeness (QED) is 0.841. The fourth-order valence-electron chi connectivity index (χ4n) is 2.58. The molecule has 0 radical (unpaired) electrons. The predicted molar refractivity (Wildman–Crippen MR) is 79.8 cm³/mol. The maximum Gasteiger partial charge on any atom is 0.169 e. The Morgan fingerprint density at radius 1 is 1.20 bits per heavy atom. The van der Waals surface area contributed by atoms with Crippen LogP contribution in [0.15, 0.2) is 0 Å². The van der Waals surface area contributed by atoms with E-state index in [1.165, 1.54) is 6.42 Å². The van der Waals surface area contributed by atoms with Gasteiger partial charge in [-0.1, -0.05) is 6.92 Å². The summed E-state index contributed by atoms with van der Waals surface area (Å²) in [5.41, 5.74) is 2.46. The maximum atomic E-state index is 9.38. The van der Waals surface area contributed by atoms with Crippen LogP contribution in [0.25, 0.3) is 0 Å². The van der Waals surface area contributed by atoms with Gasteiger partial charge in [-0.25, -0.2) is 0 Å². The lowest BCUT2D eigenvalue weighted by molar-refractivity contribution is 0.192. The van der Waals surface area contributed by atoms with E-state index in [0.29, 0.717) is 11.6 Å². The van der Waals surface area contributed by atoms with Crippen molar-refractivity contribution >= 4 is 5.82 Å². The van der Waals surface area contributed by atoms with Crippen LogP contribution in [0.3, 0.4) is 0 Å². The van der Waals surface area contributed by atoms with Crippen LogP contribution in [0.2, 0.25) is 0 Å². The van der Waals surface area contributed by atoms with Gasteiger partial charge in [0.25, 0.3) is 0 Å². The number of nitrogens with zero attached hydrogens (tertiary/aromatic N) is 5. The number of anilines is 1. The zero-order valence-corrected chi connectivity index (χ0v) is 12.8. The minimum absolute atomic E-state index is 0.624. The molecule has 0 spiro atoms. The lowest BCUT2D eigenvalue weighted by Crippen LogP contribution is -2.50. The van der Waals surface area contributed by atoms with Crippen molar-refractivity contribution in [2.45, 2.75) is 40.2 Å². The van der Waals surface area contributed by atoms with E-state index in [1.807, 2.05) is 13.8 Å². The molecule has 1 unspecified atom stereocenters. The smallest absolute Gasteiger partial charge is 0.169 e. The Morgan fingerprint density at radius 3 is 2.40 bits per heavy atom. The SMILES string of the molecule is CCC(C)N1CCN(c2nnc(C)c(C)c2C#N)CC1. The van der Waals surface area contributed by atoms with Crippen LogP contribution in [0.4, 0.5) is 5.82 Å². The molecular formula is C15H23N5. The van der Waals surface area contributed by atoms with Gasteiger partial charge in [0.15, 0.2) is 5.82 Å². The summed E-state index contributed by atoms with van der Waals surface area (Å²) in [6.45, 7) is 12.2. The molecule has 1 fully saturated rings. The number of piperazine rings is 1. The van der Waals surface area contributed by atoms with Crippen molar-refractivity contribution in [3.63, 3.8) is 0 Å². The van der Waals surface area contributed by atoms with E-state index in [9.17, 15) is 5.26 Å². The molecule has 5 nitrogen and oxygen atoms in total. The minimum atomic E-state index is 0.624. The van der Waals surface area contributed by atoms with E-state index in [0.717, 1.165) is 43.3 Å². The van der Waals surface area contributed by atoms with E-state index < -0.39 is 0 Å². The molecular weight excluding hydrogens is 250 g/mol. The molecule has 20 heavy (non-hydrogen) atoms. The van der Waals surface area contributed by atoms with E-state index in [1.54, 1.807) is 0 Å². The minimum Gasteiger partial charge on any atom is -0.351 e. The van der Waals surface area contributed by atoms with Crippen LogP contribution in [0.5, 0.6) is 0 Å². The van der Waals surface area contributed by atoms with Gasteiger partial charge in [-0.15, -0.1) is 5.10 Å². The average molecular weight is 273 g/mol. The molecule has 108 valence electrons. The number of aryl methyl sites for hydroxylation is 1. The summed E-state index contributed by atoms with van der Waals surface area (Å²) in [6.07, 6.45) is 1.17. The van der Waals surface area contributed by atoms with Crippen LogP contribution < -0.4 is 4.90 Å². The Balaban J connectivity index is 2.16. The normalized spacial score (nSPS) is 17.9. The van der Waals surface area contributed by atoms with E-state index in [-0.39, 0.29) is 0 Å². The number of rotatable bonds is 3. The summed E-state index contributed by atoms with van der Waals surface area (Å²) in [5.74, 6) is 0.749. The van der Waals surface area contributed by atoms with Gasteiger partial charge in [0.05, 0.1) is 5.69 Å². The second-order valence-electron chi connectivity index (χ2n) is 5.50. The van der Waals surface area contributed by atoms with Crippen LogP contribution in [0, 0.1) is 25.2 Å². The summed E-state index contributed by atoms with van der Waals surface area (Å²) in [4.78, 5) is 4.69. The highest BCUT2D eigenvalue weighted by Gasteiger charge is 2.24. The highest BCUT2D eigenvalue weighted by molar-refractivity contribution is 5.57. The van der Waals surface area contributed by atoms with Crippen molar-refractivity contribution < 1.29 is 0 Å². The first-order valence-electron chi connectivity index (χ1n) is 7.31. The molecule has 1 atom stereocenters. The highest BCUT2D eigenvalue weighted by atomic mass is 15.3. The molecule has 5 heteroatoms. The van der Waals surface area contributed by atoms with Gasteiger partial charge >= 0.3 is 0 Å². The Labute approximate surface area is 121 Å². The van der Waals surface area contributed by atoms with Crippen LogP contribution in [-0.4, -0.2) is 47.3 Å².